The van der Waals surface area contributed by atoms with Crippen molar-refractivity contribution in [1.82, 2.24) is 0 Å². The normalized spacial score (nSPS) is 44.0. The fourth-order valence-electron chi connectivity index (χ4n) is 9.70. The molecule has 5 aliphatic carbocycles. The fourth-order valence-corrected chi connectivity index (χ4v) is 9.70. The van der Waals surface area contributed by atoms with Crippen LogP contribution in [0.2, 0.25) is 0 Å². The zero-order valence-electron chi connectivity index (χ0n) is 23.7. The Morgan fingerprint density at radius 1 is 0.872 bits per heavy atom. The van der Waals surface area contributed by atoms with E-state index < -0.39 is 24.0 Å². The summed E-state index contributed by atoms with van der Waals surface area (Å²) >= 11 is 0. The van der Waals surface area contributed by atoms with E-state index in [2.05, 4.69) is 6.08 Å². The molecule has 2 N–H and O–H groups in total. The molecule has 0 amide bonds. The number of ether oxygens (including phenoxy) is 4. The highest BCUT2D eigenvalue weighted by Gasteiger charge is 2.56. The van der Waals surface area contributed by atoms with Crippen LogP contribution in [0.25, 0.3) is 0 Å². The largest absolute Gasteiger partial charge is 0.481 e. The Bertz CT molecular complexity index is 838. The van der Waals surface area contributed by atoms with Gasteiger partial charge in [0.25, 0.3) is 0 Å². The Labute approximate surface area is 234 Å². The van der Waals surface area contributed by atoms with Crippen LogP contribution in [-0.2, 0) is 23.7 Å². The monoisotopic (exact) mass is 546 g/mol. The summed E-state index contributed by atoms with van der Waals surface area (Å²) in [5.41, 5.74) is -0.706. The third-order valence-electron chi connectivity index (χ3n) is 11.0. The van der Waals surface area contributed by atoms with Crippen molar-refractivity contribution in [2.24, 2.45) is 29.1 Å². The second kappa shape index (κ2) is 12.0. The second-order valence-corrected chi connectivity index (χ2v) is 13.9. The molecule has 7 fully saturated rings. The lowest BCUT2D eigenvalue weighted by atomic mass is 9.48. The highest BCUT2D eigenvalue weighted by molar-refractivity contribution is 5.68. The number of carboxylic acids is 1. The van der Waals surface area contributed by atoms with Gasteiger partial charge in [-0.15, -0.1) is 0 Å². The molecule has 39 heavy (non-hydrogen) atoms. The van der Waals surface area contributed by atoms with Gasteiger partial charge in [-0.2, -0.15) is 0 Å². The lowest BCUT2D eigenvalue weighted by Crippen LogP contribution is -2.51. The average Bonchev–Trinajstić information content (AvgIpc) is 3.20. The van der Waals surface area contributed by atoms with Crippen LogP contribution in [-0.4, -0.2) is 53.7 Å². The molecule has 5 atom stereocenters. The molecule has 2 saturated heterocycles. The third kappa shape index (κ3) is 6.22. The zero-order chi connectivity index (χ0) is 26.9. The molecule has 2 aliphatic heterocycles. The molecular weight excluding hydrogens is 496 g/mol. The number of unbranched alkanes of at least 4 members (excludes halogenated alkanes) is 1. The molecule has 0 aromatic heterocycles. The van der Waals surface area contributed by atoms with Gasteiger partial charge in [0.15, 0.2) is 12.6 Å². The summed E-state index contributed by atoms with van der Waals surface area (Å²) in [6, 6.07) is 0. The summed E-state index contributed by atoms with van der Waals surface area (Å²) in [5, 5.41) is 21.2. The van der Waals surface area contributed by atoms with E-state index in [-0.39, 0.29) is 18.6 Å². The van der Waals surface area contributed by atoms with E-state index >= 15 is 0 Å². The molecule has 0 radical (unpaired) electrons. The minimum atomic E-state index is -1.26. The molecule has 7 rings (SSSR count). The Morgan fingerprint density at radius 3 is 2.10 bits per heavy atom. The average molecular weight is 547 g/mol. The Morgan fingerprint density at radius 2 is 1.51 bits per heavy atom. The minimum Gasteiger partial charge on any atom is -0.481 e. The van der Waals surface area contributed by atoms with E-state index in [1.54, 1.807) is 0 Å². The first kappa shape index (κ1) is 28.0. The topological polar surface area (TPSA) is 94.5 Å². The van der Waals surface area contributed by atoms with Gasteiger partial charge in [0.05, 0.1) is 19.1 Å². The SMILES string of the molecule is O=C(O)C[C@]1(OC2CCCCO2)[C@@H](C(=CCCCC23CC4CC(CC(C4)C2)C3)OC2CCCCO2)CC[C@@H]1O. The Balaban J connectivity index is 1.19. The standard InChI is InChI=1S/C32H50O7/c33-27-11-10-25(32(27,21-28(34)35)39-30-9-3-6-14-37-30)26(38-29-8-2-5-13-36-29)7-1-4-12-31-18-22-15-23(19-31)17-24(16-22)20-31/h7,22-25,27,29-30,33H,1-6,8-21H2,(H,34,35)/t22?,23?,24?,25-,27+,29?,30?,31?,32+/m1/s1. The molecule has 5 saturated carbocycles. The van der Waals surface area contributed by atoms with Gasteiger partial charge in [-0.3, -0.25) is 4.79 Å². The zero-order valence-corrected chi connectivity index (χ0v) is 23.7. The van der Waals surface area contributed by atoms with Gasteiger partial charge >= 0.3 is 5.97 Å². The van der Waals surface area contributed by atoms with Gasteiger partial charge in [-0.25, -0.2) is 0 Å². The maximum Gasteiger partial charge on any atom is 0.306 e. The molecule has 0 aromatic rings. The van der Waals surface area contributed by atoms with E-state index in [9.17, 15) is 15.0 Å². The lowest BCUT2D eigenvalue weighted by Gasteiger charge is -2.57. The first-order valence-corrected chi connectivity index (χ1v) is 16.1. The van der Waals surface area contributed by atoms with Crippen molar-refractivity contribution in [3.05, 3.63) is 11.8 Å². The maximum absolute atomic E-state index is 12.2. The molecular formula is C32H50O7. The maximum atomic E-state index is 12.2. The van der Waals surface area contributed by atoms with Gasteiger partial charge in [-0.05, 0) is 132 Å². The molecule has 0 spiro atoms. The van der Waals surface area contributed by atoms with Crippen LogP contribution >= 0.6 is 0 Å². The van der Waals surface area contributed by atoms with Crippen molar-refractivity contribution in [2.75, 3.05) is 13.2 Å². The smallest absolute Gasteiger partial charge is 0.306 e. The van der Waals surface area contributed by atoms with Gasteiger partial charge in [-0.1, -0.05) is 0 Å². The summed E-state index contributed by atoms with van der Waals surface area (Å²) in [4.78, 5) is 12.2. The molecule has 7 heteroatoms. The number of allylic oxidation sites excluding steroid dienone is 1. The predicted octanol–water partition coefficient (Wildman–Crippen LogP) is 6.33. The molecule has 2 unspecified atom stereocenters. The molecule has 7 nitrogen and oxygen atoms in total. The molecule has 0 aromatic carbocycles. The Hall–Kier alpha value is -1.15. The van der Waals surface area contributed by atoms with Crippen molar-refractivity contribution in [3.8, 4) is 0 Å². The number of aliphatic hydroxyl groups excluding tert-OH is 1. The molecule has 220 valence electrons. The van der Waals surface area contributed by atoms with Crippen LogP contribution in [0.5, 0.6) is 0 Å². The number of hydrogen-bond donors (Lipinski definition) is 2. The van der Waals surface area contributed by atoms with Gasteiger partial charge in [0, 0.05) is 18.9 Å². The number of rotatable bonds is 11. The van der Waals surface area contributed by atoms with E-state index in [1.165, 1.54) is 44.9 Å². The number of hydrogen-bond acceptors (Lipinski definition) is 6. The fraction of sp³-hybridized carbons (Fsp3) is 0.906. The third-order valence-corrected chi connectivity index (χ3v) is 11.0. The summed E-state index contributed by atoms with van der Waals surface area (Å²) in [6.07, 6.45) is 19.0. The van der Waals surface area contributed by atoms with E-state index in [4.69, 9.17) is 18.9 Å². The van der Waals surface area contributed by atoms with Crippen molar-refractivity contribution in [3.63, 3.8) is 0 Å². The van der Waals surface area contributed by atoms with Crippen LogP contribution in [0, 0.1) is 29.1 Å². The number of aliphatic carboxylic acids is 1. The van der Waals surface area contributed by atoms with Crippen LogP contribution in [0.15, 0.2) is 11.8 Å². The van der Waals surface area contributed by atoms with Crippen LogP contribution < -0.4 is 0 Å². The van der Waals surface area contributed by atoms with Gasteiger partial charge in [0.1, 0.15) is 11.4 Å². The molecule has 4 bridgehead atoms. The van der Waals surface area contributed by atoms with Crippen LogP contribution in [0.4, 0.5) is 0 Å². The molecule has 7 aliphatic rings. The van der Waals surface area contributed by atoms with Crippen LogP contribution in [0.1, 0.15) is 116 Å². The lowest BCUT2D eigenvalue weighted by molar-refractivity contribution is -0.260. The summed E-state index contributed by atoms with van der Waals surface area (Å²) in [6.45, 7) is 1.29. The van der Waals surface area contributed by atoms with Crippen molar-refractivity contribution in [2.45, 2.75) is 140 Å². The summed E-state index contributed by atoms with van der Waals surface area (Å²) in [7, 11) is 0. The first-order chi connectivity index (χ1) is 18.9. The first-order valence-electron chi connectivity index (χ1n) is 16.1. The summed E-state index contributed by atoms with van der Waals surface area (Å²) in [5.74, 6) is 2.35. The highest BCUT2D eigenvalue weighted by Crippen LogP contribution is 2.61. The summed E-state index contributed by atoms with van der Waals surface area (Å²) < 4.78 is 24.9. The van der Waals surface area contributed by atoms with Crippen molar-refractivity contribution < 1.29 is 34.0 Å². The van der Waals surface area contributed by atoms with E-state index in [0.29, 0.717) is 31.5 Å². The Kier molecular flexibility index (Phi) is 8.61. The van der Waals surface area contributed by atoms with Crippen LogP contribution in [0.3, 0.4) is 0 Å². The molecule has 2 heterocycles. The number of aliphatic hydroxyl groups is 1. The van der Waals surface area contributed by atoms with E-state index in [0.717, 1.165) is 74.9 Å². The number of carbonyl (C=O) groups is 1. The minimum absolute atomic E-state index is 0.266. The highest BCUT2D eigenvalue weighted by atomic mass is 16.7. The van der Waals surface area contributed by atoms with Crippen molar-refractivity contribution in [1.29, 1.82) is 0 Å². The van der Waals surface area contributed by atoms with E-state index in [1.807, 2.05) is 0 Å². The van der Waals surface area contributed by atoms with Crippen molar-refractivity contribution >= 4 is 5.97 Å². The van der Waals surface area contributed by atoms with Gasteiger partial charge in [0.2, 0.25) is 0 Å². The predicted molar refractivity (Wildman–Crippen MR) is 146 cm³/mol. The second-order valence-electron chi connectivity index (χ2n) is 13.9. The van der Waals surface area contributed by atoms with Gasteiger partial charge < -0.3 is 29.2 Å². The quantitative estimate of drug-likeness (QED) is 0.231. The number of carboxylic acid groups (broad SMARTS) is 1.